The van der Waals surface area contributed by atoms with Crippen LogP contribution in [0.15, 0.2) is 53.3 Å². The molecule has 2 aliphatic rings. The third-order valence-electron chi connectivity index (χ3n) is 6.60. The molecule has 1 aliphatic heterocycles. The summed E-state index contributed by atoms with van der Waals surface area (Å²) in [6.45, 7) is 0.665. The highest BCUT2D eigenvalue weighted by Gasteiger charge is 2.32. The van der Waals surface area contributed by atoms with Crippen molar-refractivity contribution in [1.82, 2.24) is 10.5 Å². The molecule has 0 radical (unpaired) electrons. The number of anilines is 2. The van der Waals surface area contributed by atoms with E-state index in [0.717, 1.165) is 51.4 Å². The molecule has 1 aliphatic carbocycles. The van der Waals surface area contributed by atoms with Gasteiger partial charge in [0, 0.05) is 43.4 Å². The number of halogens is 1. The summed E-state index contributed by atoms with van der Waals surface area (Å²) in [6, 6.07) is 9.86. The van der Waals surface area contributed by atoms with Gasteiger partial charge in [0.05, 0.1) is 5.56 Å². The molecule has 1 atom stereocenters. The van der Waals surface area contributed by atoms with E-state index in [1.54, 1.807) is 30.3 Å². The van der Waals surface area contributed by atoms with E-state index in [0.29, 0.717) is 30.8 Å². The second kappa shape index (κ2) is 14.7. The number of benzene rings is 1. The van der Waals surface area contributed by atoms with Crippen molar-refractivity contribution in [2.45, 2.75) is 70.5 Å². The maximum Gasteiger partial charge on any atom is 0.243 e. The lowest BCUT2D eigenvalue weighted by molar-refractivity contribution is -0.200. The SMILES string of the molecule is O=C(CCCCCCCC(=O)Nc1ccc(NC2=C(Cl)C(=O)c3cccnc3C2=O)cc1)NOC1CCCCO1. The Bertz CT molecular complexity index is 1260. The molecular weight excluding hydrogens is 536 g/mol. The van der Waals surface area contributed by atoms with E-state index in [9.17, 15) is 19.2 Å². The molecule has 2 heterocycles. The number of fused-ring (bicyclic) bond motifs is 1. The first kappa shape index (κ1) is 29.4. The van der Waals surface area contributed by atoms with Crippen molar-refractivity contribution in [3.63, 3.8) is 0 Å². The minimum atomic E-state index is -0.462. The predicted molar refractivity (Wildman–Crippen MR) is 150 cm³/mol. The average molecular weight is 569 g/mol. The third-order valence-corrected chi connectivity index (χ3v) is 6.96. The fourth-order valence-electron chi connectivity index (χ4n) is 4.42. The topological polar surface area (TPSA) is 136 Å². The predicted octanol–water partition coefficient (Wildman–Crippen LogP) is 5.27. The van der Waals surface area contributed by atoms with Gasteiger partial charge in [-0.15, -0.1) is 0 Å². The number of Topliss-reactive ketones (excluding diaryl/α,β-unsaturated/α-hetero) is 2. The van der Waals surface area contributed by atoms with Gasteiger partial charge in [0.25, 0.3) is 0 Å². The summed E-state index contributed by atoms with van der Waals surface area (Å²) in [4.78, 5) is 58.8. The highest BCUT2D eigenvalue weighted by atomic mass is 35.5. The van der Waals surface area contributed by atoms with Gasteiger partial charge in [-0.25, -0.2) is 10.3 Å². The van der Waals surface area contributed by atoms with Gasteiger partial charge in [0.15, 0.2) is 6.29 Å². The molecule has 2 aromatic rings. The van der Waals surface area contributed by atoms with Gasteiger partial charge in [-0.3, -0.25) is 24.2 Å². The minimum Gasteiger partial charge on any atom is -0.351 e. The Morgan fingerprint density at radius 3 is 2.35 bits per heavy atom. The Kier molecular flexibility index (Phi) is 10.8. The van der Waals surface area contributed by atoms with Crippen LogP contribution in [0.4, 0.5) is 11.4 Å². The number of carbonyl (C=O) groups excluding carboxylic acids is 4. The second-order valence-electron chi connectivity index (χ2n) is 9.70. The summed E-state index contributed by atoms with van der Waals surface area (Å²) in [6.07, 6.45) is 9.00. The standard InChI is InChI=1S/C29H33ClN4O6/c30-25-27(29(38)26-21(28(25)37)9-8-17-31-26)33-20-15-13-19(14-16-20)32-22(35)10-4-2-1-3-5-11-23(36)34-40-24-12-6-7-18-39-24/h8-9,13-17,24,33H,1-7,10-12,18H2,(H,32,35)(H,34,36). The van der Waals surface area contributed by atoms with Gasteiger partial charge >= 0.3 is 0 Å². The molecular formula is C29H33ClN4O6. The average Bonchev–Trinajstić information content (AvgIpc) is 2.98. The lowest BCUT2D eigenvalue weighted by atomic mass is 9.97. The summed E-state index contributed by atoms with van der Waals surface area (Å²) in [5, 5.41) is 5.57. The monoisotopic (exact) mass is 568 g/mol. The van der Waals surface area contributed by atoms with Crippen molar-refractivity contribution in [2.75, 3.05) is 17.2 Å². The van der Waals surface area contributed by atoms with Crippen molar-refractivity contribution in [3.8, 4) is 0 Å². The smallest absolute Gasteiger partial charge is 0.243 e. The molecule has 212 valence electrons. The van der Waals surface area contributed by atoms with Crippen LogP contribution in [-0.4, -0.2) is 41.3 Å². The lowest BCUT2D eigenvalue weighted by Crippen LogP contribution is -2.32. The first-order chi connectivity index (χ1) is 19.4. The molecule has 3 N–H and O–H groups in total. The molecule has 1 aromatic heterocycles. The largest absolute Gasteiger partial charge is 0.351 e. The van der Waals surface area contributed by atoms with Crippen molar-refractivity contribution in [3.05, 3.63) is 64.6 Å². The van der Waals surface area contributed by atoms with Crippen LogP contribution in [0.3, 0.4) is 0 Å². The highest BCUT2D eigenvalue weighted by Crippen LogP contribution is 2.28. The molecule has 1 fully saturated rings. The number of aromatic nitrogens is 1. The number of ketones is 2. The van der Waals surface area contributed by atoms with Crippen LogP contribution in [0.2, 0.25) is 0 Å². The number of carbonyl (C=O) groups is 4. The second-order valence-corrected chi connectivity index (χ2v) is 10.1. The van der Waals surface area contributed by atoms with Gasteiger partial charge in [0.2, 0.25) is 23.4 Å². The number of ether oxygens (including phenoxy) is 1. The van der Waals surface area contributed by atoms with E-state index in [1.807, 2.05) is 0 Å². The van der Waals surface area contributed by atoms with Crippen LogP contribution in [-0.2, 0) is 19.2 Å². The normalized spacial score (nSPS) is 16.9. The molecule has 2 amide bonds. The van der Waals surface area contributed by atoms with Crippen LogP contribution in [0, 0.1) is 0 Å². The number of hydrogen-bond acceptors (Lipinski definition) is 8. The summed E-state index contributed by atoms with van der Waals surface area (Å²) in [5.74, 6) is -1.16. The first-order valence-electron chi connectivity index (χ1n) is 13.6. The Labute approximate surface area is 237 Å². The van der Waals surface area contributed by atoms with E-state index >= 15 is 0 Å². The first-order valence-corrected chi connectivity index (χ1v) is 14.0. The number of rotatable bonds is 13. The van der Waals surface area contributed by atoms with Crippen molar-refractivity contribution >= 4 is 46.4 Å². The Hall–Kier alpha value is -3.60. The number of allylic oxidation sites excluding steroid dienone is 2. The molecule has 0 bridgehead atoms. The fraction of sp³-hybridized carbons (Fsp3) is 0.414. The quantitative estimate of drug-likeness (QED) is 0.220. The maximum absolute atomic E-state index is 12.8. The zero-order valence-electron chi connectivity index (χ0n) is 22.2. The van der Waals surface area contributed by atoms with Gasteiger partial charge in [0.1, 0.15) is 16.4 Å². The van der Waals surface area contributed by atoms with E-state index in [1.165, 1.54) is 12.3 Å². The zero-order chi connectivity index (χ0) is 28.3. The molecule has 0 spiro atoms. The highest BCUT2D eigenvalue weighted by molar-refractivity contribution is 6.50. The van der Waals surface area contributed by atoms with Crippen molar-refractivity contribution in [1.29, 1.82) is 0 Å². The van der Waals surface area contributed by atoms with Gasteiger partial charge in [-0.2, -0.15) is 0 Å². The molecule has 1 saturated heterocycles. The Morgan fingerprint density at radius 1 is 0.925 bits per heavy atom. The Balaban J connectivity index is 1.10. The molecule has 1 aromatic carbocycles. The van der Waals surface area contributed by atoms with E-state index in [-0.39, 0.29) is 40.1 Å². The van der Waals surface area contributed by atoms with E-state index in [4.69, 9.17) is 21.2 Å². The number of nitrogens with one attached hydrogen (secondary N) is 3. The van der Waals surface area contributed by atoms with Crippen LogP contribution < -0.4 is 16.1 Å². The number of unbranched alkanes of at least 4 members (excludes halogenated alkanes) is 4. The van der Waals surface area contributed by atoms with Crippen LogP contribution in [0.25, 0.3) is 0 Å². The molecule has 1 unspecified atom stereocenters. The number of nitrogens with zero attached hydrogens (tertiary/aromatic N) is 1. The van der Waals surface area contributed by atoms with E-state index < -0.39 is 11.6 Å². The lowest BCUT2D eigenvalue weighted by Gasteiger charge is -2.22. The van der Waals surface area contributed by atoms with Crippen molar-refractivity contribution in [2.24, 2.45) is 0 Å². The van der Waals surface area contributed by atoms with Crippen molar-refractivity contribution < 1.29 is 28.8 Å². The molecule has 11 heteroatoms. The van der Waals surface area contributed by atoms with E-state index in [2.05, 4.69) is 21.1 Å². The molecule has 40 heavy (non-hydrogen) atoms. The number of hydrogen-bond donors (Lipinski definition) is 3. The van der Waals surface area contributed by atoms with Crippen LogP contribution in [0.5, 0.6) is 0 Å². The zero-order valence-corrected chi connectivity index (χ0v) is 22.9. The minimum absolute atomic E-state index is 0.0299. The third kappa shape index (κ3) is 8.20. The van der Waals surface area contributed by atoms with Crippen LogP contribution in [0.1, 0.15) is 85.1 Å². The summed E-state index contributed by atoms with van der Waals surface area (Å²) in [7, 11) is 0. The number of pyridine rings is 1. The fourth-order valence-corrected chi connectivity index (χ4v) is 4.66. The number of amides is 2. The summed E-state index contributed by atoms with van der Waals surface area (Å²) >= 11 is 6.18. The van der Waals surface area contributed by atoms with Gasteiger partial charge < -0.3 is 15.4 Å². The molecule has 10 nitrogen and oxygen atoms in total. The van der Waals surface area contributed by atoms with Crippen LogP contribution >= 0.6 is 11.6 Å². The molecule has 4 rings (SSSR count). The maximum atomic E-state index is 12.8. The van der Waals surface area contributed by atoms with Gasteiger partial charge in [-0.05, 0) is 62.1 Å². The number of hydroxylamine groups is 1. The van der Waals surface area contributed by atoms with Gasteiger partial charge in [-0.1, -0.05) is 30.9 Å². The summed E-state index contributed by atoms with van der Waals surface area (Å²) in [5.41, 5.74) is 3.82. The summed E-state index contributed by atoms with van der Waals surface area (Å²) < 4.78 is 5.41. The molecule has 0 saturated carbocycles. The Morgan fingerprint density at radius 2 is 1.62 bits per heavy atom.